The smallest absolute Gasteiger partial charge is 0.303 e. The summed E-state index contributed by atoms with van der Waals surface area (Å²) in [5.41, 5.74) is 2.75. The van der Waals surface area contributed by atoms with Crippen molar-refractivity contribution >= 4 is 64.7 Å². The molecule has 1 aliphatic heterocycles. The summed E-state index contributed by atoms with van der Waals surface area (Å²) in [5.74, 6) is -2.84. The van der Waals surface area contributed by atoms with Gasteiger partial charge in [-0.05, 0) is 24.0 Å². The molecule has 0 aliphatic carbocycles. The minimum absolute atomic E-state index is 0.0481. The molecule has 1 saturated heterocycles. The molecule has 1 aromatic rings. The van der Waals surface area contributed by atoms with E-state index in [1.54, 1.807) is 12.1 Å². The Morgan fingerprint density at radius 3 is 1.97 bits per heavy atom. The van der Waals surface area contributed by atoms with Crippen molar-refractivity contribution in [2.75, 3.05) is 13.7 Å². The lowest BCUT2D eigenvalue weighted by molar-refractivity contribution is -0.254. The number of benzene rings is 1. The average molecular weight is 592 g/mol. The summed E-state index contributed by atoms with van der Waals surface area (Å²) >= 11 is 11.0. The maximum Gasteiger partial charge on any atom is 0.303 e. The number of rotatable bonds is 10. The molecule has 3 N–H and O–H groups in total. The average Bonchev–Trinajstić information content (AvgIpc) is 2.84. The van der Waals surface area contributed by atoms with Crippen LogP contribution in [-0.4, -0.2) is 73.4 Å². The van der Waals surface area contributed by atoms with Gasteiger partial charge in [-0.15, -0.1) is 0 Å². The minimum Gasteiger partial charge on any atom is -0.463 e. The van der Waals surface area contributed by atoms with E-state index in [9.17, 15) is 19.2 Å². The van der Waals surface area contributed by atoms with Gasteiger partial charge < -0.3 is 33.5 Å². The van der Waals surface area contributed by atoms with E-state index in [1.165, 1.54) is 14.0 Å². The Balaban J connectivity index is 2.31. The van der Waals surface area contributed by atoms with Gasteiger partial charge in [-0.25, -0.2) is 0 Å². The summed E-state index contributed by atoms with van der Waals surface area (Å²) < 4.78 is 32.7. The monoisotopic (exact) mass is 591 g/mol. The molecular formula is C22H30N3O10PS2. The molecular weight excluding hydrogens is 561 g/mol. The molecule has 0 amide bonds. The molecule has 16 heteroatoms. The number of esters is 4. The Labute approximate surface area is 230 Å². The Morgan fingerprint density at radius 2 is 1.45 bits per heavy atom. The fourth-order valence-electron chi connectivity index (χ4n) is 3.47. The van der Waals surface area contributed by atoms with Crippen LogP contribution < -0.4 is 21.2 Å². The van der Waals surface area contributed by atoms with E-state index in [-0.39, 0.29) is 11.7 Å². The van der Waals surface area contributed by atoms with Crippen LogP contribution >= 0.6 is 18.6 Å². The molecule has 0 aromatic heterocycles. The van der Waals surface area contributed by atoms with Crippen LogP contribution in [0.3, 0.4) is 0 Å². The summed E-state index contributed by atoms with van der Waals surface area (Å²) in [4.78, 5) is 47.2. The second-order valence-electron chi connectivity index (χ2n) is 7.90. The number of hydrazine groups is 1. The zero-order chi connectivity index (χ0) is 28.5. The molecule has 0 spiro atoms. The molecule has 38 heavy (non-hydrogen) atoms. The lowest BCUT2D eigenvalue weighted by Gasteiger charge is -2.44. The number of hydrogen-bond donors (Lipinski definition) is 3. The van der Waals surface area contributed by atoms with Crippen LogP contribution in [0.1, 0.15) is 27.7 Å². The van der Waals surface area contributed by atoms with E-state index < -0.39 is 60.9 Å². The van der Waals surface area contributed by atoms with Crippen molar-refractivity contribution in [1.29, 1.82) is 0 Å². The molecule has 0 saturated carbocycles. The SMILES string of the molecule is COP(=S)(NNC(=S)N[C@@H]1O[C@H](COC(C)=O)[C@H](OC(C)=O)[C@H](OC(C)=O)[C@H]1OC(C)=O)c1ccccc1. The third-order valence-electron chi connectivity index (χ3n) is 4.93. The molecule has 1 aromatic carbocycles. The summed E-state index contributed by atoms with van der Waals surface area (Å²) in [6, 6.07) is 9.06. The Morgan fingerprint density at radius 1 is 0.895 bits per heavy atom. The van der Waals surface area contributed by atoms with Gasteiger partial charge in [-0.1, -0.05) is 30.3 Å². The van der Waals surface area contributed by atoms with E-state index in [0.29, 0.717) is 0 Å². The van der Waals surface area contributed by atoms with E-state index in [2.05, 4.69) is 15.9 Å². The van der Waals surface area contributed by atoms with Gasteiger partial charge in [0.25, 0.3) is 0 Å². The van der Waals surface area contributed by atoms with E-state index in [0.717, 1.165) is 26.1 Å². The number of nitrogens with one attached hydrogen (secondary N) is 3. The highest BCUT2D eigenvalue weighted by Crippen LogP contribution is 2.39. The Kier molecular flexibility index (Phi) is 12.0. The van der Waals surface area contributed by atoms with Gasteiger partial charge in [-0.3, -0.25) is 24.6 Å². The molecule has 6 atom stereocenters. The standard InChI is InChI=1S/C22H30N3O10PS2/c1-12(26)31-11-17-18(32-13(2)27)19(33-14(3)28)20(34-15(4)29)21(35-17)23-22(37)24-25-36(38,30-5)16-9-7-6-8-10-16/h6-10,17-21H,11H2,1-5H3,(H,25,38)(H2,23,24,37)/t17-,18+,19+,20-,21-,36?/m1/s1. The van der Waals surface area contributed by atoms with Crippen molar-refractivity contribution in [1.82, 2.24) is 15.9 Å². The molecule has 0 radical (unpaired) electrons. The molecule has 0 bridgehead atoms. The molecule has 210 valence electrons. The summed E-state index contributed by atoms with van der Waals surface area (Å²) in [5, 5.41) is 6.39. The van der Waals surface area contributed by atoms with Crippen molar-refractivity contribution in [2.24, 2.45) is 0 Å². The van der Waals surface area contributed by atoms with Crippen LogP contribution in [0.25, 0.3) is 0 Å². The summed E-state index contributed by atoms with van der Waals surface area (Å²) in [6.07, 6.45) is -9.06. The third-order valence-corrected chi connectivity index (χ3v) is 8.41. The van der Waals surface area contributed by atoms with Crippen molar-refractivity contribution in [3.63, 3.8) is 0 Å². The van der Waals surface area contributed by atoms with Crippen LogP contribution in [0.2, 0.25) is 0 Å². The van der Waals surface area contributed by atoms with Gasteiger partial charge in [0.15, 0.2) is 36.1 Å². The minimum atomic E-state index is -2.75. The van der Waals surface area contributed by atoms with Gasteiger partial charge in [0.2, 0.25) is 0 Å². The van der Waals surface area contributed by atoms with Crippen LogP contribution in [-0.2, 0) is 59.2 Å². The van der Waals surface area contributed by atoms with Crippen molar-refractivity contribution < 1.29 is 47.4 Å². The maximum atomic E-state index is 11.9. The van der Waals surface area contributed by atoms with Crippen LogP contribution in [0.15, 0.2) is 30.3 Å². The predicted octanol–water partition coefficient (Wildman–Crippen LogP) is 0.320. The number of thiocarbonyl (C=S) groups is 1. The normalized spacial score (nSPS) is 24.2. The van der Waals surface area contributed by atoms with Gasteiger partial charge in [0.1, 0.15) is 12.7 Å². The first kappa shape index (κ1) is 31.5. The fourth-order valence-corrected chi connectivity index (χ4v) is 5.47. The zero-order valence-electron chi connectivity index (χ0n) is 21.3. The largest absolute Gasteiger partial charge is 0.463 e. The molecule has 13 nitrogen and oxygen atoms in total. The lowest BCUT2D eigenvalue weighted by Crippen LogP contribution is -2.67. The lowest BCUT2D eigenvalue weighted by atomic mass is 9.97. The molecule has 2 rings (SSSR count). The highest BCUT2D eigenvalue weighted by Gasteiger charge is 2.52. The highest BCUT2D eigenvalue weighted by atomic mass is 32.4. The van der Waals surface area contributed by atoms with Gasteiger partial charge >= 0.3 is 23.9 Å². The number of carbonyl (C=O) groups excluding carboxylic acids is 4. The van der Waals surface area contributed by atoms with Gasteiger partial charge in [0, 0.05) is 40.1 Å². The topological polar surface area (TPSA) is 160 Å². The van der Waals surface area contributed by atoms with E-state index in [4.69, 9.17) is 52.2 Å². The Hall–Kier alpha value is -2.68. The molecule has 1 unspecified atom stereocenters. The van der Waals surface area contributed by atoms with Crippen LogP contribution in [0, 0.1) is 0 Å². The molecule has 1 fully saturated rings. The number of ether oxygens (including phenoxy) is 5. The first-order valence-electron chi connectivity index (χ1n) is 11.2. The number of hydrogen-bond acceptors (Lipinski definition) is 12. The first-order chi connectivity index (χ1) is 17.9. The molecule has 1 heterocycles. The number of carbonyl (C=O) groups is 4. The van der Waals surface area contributed by atoms with Crippen molar-refractivity contribution in [3.8, 4) is 0 Å². The highest BCUT2D eigenvalue weighted by molar-refractivity contribution is 8.14. The summed E-state index contributed by atoms with van der Waals surface area (Å²) in [7, 11) is 1.46. The van der Waals surface area contributed by atoms with Crippen molar-refractivity contribution in [2.45, 2.75) is 58.3 Å². The van der Waals surface area contributed by atoms with Gasteiger partial charge in [0.05, 0.1) is 0 Å². The predicted molar refractivity (Wildman–Crippen MR) is 141 cm³/mol. The fraction of sp³-hybridized carbons (Fsp3) is 0.500. The van der Waals surface area contributed by atoms with Gasteiger partial charge in [-0.2, -0.15) is 5.20 Å². The second-order valence-corrected chi connectivity index (χ2v) is 12.1. The van der Waals surface area contributed by atoms with E-state index in [1.807, 2.05) is 18.2 Å². The van der Waals surface area contributed by atoms with Crippen molar-refractivity contribution in [3.05, 3.63) is 30.3 Å². The summed E-state index contributed by atoms with van der Waals surface area (Å²) in [6.45, 7) is 4.22. The maximum absolute atomic E-state index is 11.9. The molecule has 1 aliphatic rings. The third kappa shape index (κ3) is 9.26. The second kappa shape index (κ2) is 14.5. The van der Waals surface area contributed by atoms with E-state index >= 15 is 0 Å². The first-order valence-corrected chi connectivity index (χ1v) is 14.3. The van der Waals surface area contributed by atoms with Crippen LogP contribution in [0.4, 0.5) is 0 Å². The van der Waals surface area contributed by atoms with Crippen LogP contribution in [0.5, 0.6) is 0 Å². The zero-order valence-corrected chi connectivity index (χ0v) is 23.9. The quantitative estimate of drug-likeness (QED) is 0.112. The Bertz CT molecular complexity index is 1080.